The second-order valence-corrected chi connectivity index (χ2v) is 8.44. The first-order valence-electron chi connectivity index (χ1n) is 10.6. The minimum atomic E-state index is -5.08. The van der Waals surface area contributed by atoms with Gasteiger partial charge in [-0.25, -0.2) is 9.59 Å². The van der Waals surface area contributed by atoms with E-state index in [-0.39, 0.29) is 5.56 Å². The van der Waals surface area contributed by atoms with Crippen LogP contribution in [-0.2, 0) is 17.1 Å². The van der Waals surface area contributed by atoms with Crippen LogP contribution in [-0.4, -0.2) is 34.5 Å². The molecular formula is C24H18F9N3O3S. The van der Waals surface area contributed by atoms with E-state index in [4.69, 9.17) is 9.90 Å². The van der Waals surface area contributed by atoms with Crippen LogP contribution in [0, 0.1) is 0 Å². The van der Waals surface area contributed by atoms with Crippen molar-refractivity contribution in [3.8, 4) is 0 Å². The molecule has 0 spiro atoms. The summed E-state index contributed by atoms with van der Waals surface area (Å²) in [4.78, 5) is 26.1. The van der Waals surface area contributed by atoms with Crippen LogP contribution in [0.4, 0.5) is 50.0 Å². The van der Waals surface area contributed by atoms with Gasteiger partial charge in [-0.15, -0.1) is 11.8 Å². The molecule has 3 aromatic rings. The van der Waals surface area contributed by atoms with Crippen molar-refractivity contribution in [2.75, 3.05) is 11.6 Å². The number of nitrogens with one attached hydrogen (secondary N) is 2. The Bertz CT molecular complexity index is 1310. The number of amides is 2. The number of carbonyl (C=O) groups is 2. The third-order valence-electron chi connectivity index (χ3n) is 4.86. The summed E-state index contributed by atoms with van der Waals surface area (Å²) < 4.78 is 111. The fraction of sp³-hybridized carbons (Fsp3) is 0.208. The first-order valence-corrected chi connectivity index (χ1v) is 11.9. The van der Waals surface area contributed by atoms with Crippen LogP contribution in [0.3, 0.4) is 0 Å². The molecule has 2 aromatic carbocycles. The van der Waals surface area contributed by atoms with E-state index in [1.54, 1.807) is 30.5 Å². The third-order valence-corrected chi connectivity index (χ3v) is 5.66. The number of urea groups is 1. The van der Waals surface area contributed by atoms with Gasteiger partial charge in [0, 0.05) is 11.1 Å². The molecule has 0 fully saturated rings. The number of carboxylic acids is 1. The van der Waals surface area contributed by atoms with Crippen LogP contribution in [0.5, 0.6) is 0 Å². The fourth-order valence-corrected chi connectivity index (χ4v) is 3.65. The first kappa shape index (κ1) is 32.3. The number of aromatic nitrogens is 1. The van der Waals surface area contributed by atoms with Gasteiger partial charge < -0.3 is 15.7 Å². The number of halogens is 9. The Morgan fingerprint density at radius 3 is 1.93 bits per heavy atom. The van der Waals surface area contributed by atoms with Crippen LogP contribution in [0.2, 0.25) is 0 Å². The number of carboxylic acid groups (broad SMARTS) is 1. The number of hydrogen-bond acceptors (Lipinski definition) is 4. The molecule has 40 heavy (non-hydrogen) atoms. The lowest BCUT2D eigenvalue weighted by Crippen LogP contribution is -2.35. The molecule has 0 aliphatic rings. The van der Waals surface area contributed by atoms with Crippen LogP contribution < -0.4 is 10.6 Å². The van der Waals surface area contributed by atoms with E-state index in [2.05, 4.69) is 15.6 Å². The lowest BCUT2D eigenvalue weighted by molar-refractivity contribution is -0.192. The summed E-state index contributed by atoms with van der Waals surface area (Å²) >= 11 is 1.35. The molecule has 0 aliphatic heterocycles. The zero-order valence-electron chi connectivity index (χ0n) is 19.9. The zero-order chi connectivity index (χ0) is 30.3. The van der Waals surface area contributed by atoms with Gasteiger partial charge in [-0.2, -0.15) is 39.5 Å². The summed E-state index contributed by atoms with van der Waals surface area (Å²) in [5, 5.41) is 12.1. The van der Waals surface area contributed by atoms with Gasteiger partial charge in [0.15, 0.2) is 0 Å². The largest absolute Gasteiger partial charge is 0.490 e. The molecule has 2 amide bonds. The van der Waals surface area contributed by atoms with Crippen LogP contribution in [0.15, 0.2) is 71.8 Å². The summed E-state index contributed by atoms with van der Waals surface area (Å²) in [5.74, 6) is -2.76. The average Bonchev–Trinajstić information content (AvgIpc) is 2.86. The summed E-state index contributed by atoms with van der Waals surface area (Å²) in [7, 11) is 0. The molecule has 0 aliphatic carbocycles. The minimum absolute atomic E-state index is 0.000465. The molecule has 16 heteroatoms. The van der Waals surface area contributed by atoms with Gasteiger partial charge in [-0.05, 0) is 48.2 Å². The molecule has 0 bridgehead atoms. The topological polar surface area (TPSA) is 91.3 Å². The first-order chi connectivity index (χ1) is 18.4. The average molecular weight is 599 g/mol. The molecule has 0 saturated carbocycles. The van der Waals surface area contributed by atoms with E-state index in [1.807, 2.05) is 0 Å². The van der Waals surface area contributed by atoms with E-state index in [0.717, 1.165) is 42.6 Å². The van der Waals surface area contributed by atoms with Crippen molar-refractivity contribution >= 4 is 29.4 Å². The van der Waals surface area contributed by atoms with Crippen LogP contribution in [0.1, 0.15) is 28.4 Å². The van der Waals surface area contributed by atoms with E-state index in [0.29, 0.717) is 10.6 Å². The van der Waals surface area contributed by atoms with Gasteiger partial charge in [0.1, 0.15) is 0 Å². The predicted octanol–water partition coefficient (Wildman–Crippen LogP) is 7.39. The van der Waals surface area contributed by atoms with Crippen molar-refractivity contribution in [2.24, 2.45) is 0 Å². The molecule has 3 rings (SSSR count). The Morgan fingerprint density at radius 2 is 1.43 bits per heavy atom. The van der Waals surface area contributed by atoms with E-state index in [1.165, 1.54) is 11.8 Å². The maximum Gasteiger partial charge on any atom is 0.490 e. The normalized spacial score (nSPS) is 12.6. The quantitative estimate of drug-likeness (QED) is 0.210. The molecule has 1 heterocycles. The van der Waals surface area contributed by atoms with Gasteiger partial charge in [0.25, 0.3) is 0 Å². The summed E-state index contributed by atoms with van der Waals surface area (Å²) in [5.41, 5.74) is -2.20. The number of alkyl halides is 9. The number of thioether (sulfide) groups is 1. The number of hydrogen-bond donors (Lipinski definition) is 3. The lowest BCUT2D eigenvalue weighted by Gasteiger charge is -2.23. The molecule has 3 N–H and O–H groups in total. The van der Waals surface area contributed by atoms with Crippen LogP contribution in [0.25, 0.3) is 0 Å². The monoisotopic (exact) mass is 599 g/mol. The molecule has 1 aromatic heterocycles. The number of pyridine rings is 1. The number of rotatable bonds is 5. The smallest absolute Gasteiger partial charge is 0.475 e. The third kappa shape index (κ3) is 9.07. The zero-order valence-corrected chi connectivity index (χ0v) is 20.8. The molecule has 216 valence electrons. The predicted molar refractivity (Wildman–Crippen MR) is 127 cm³/mol. The fourth-order valence-electron chi connectivity index (χ4n) is 3.10. The number of para-hydroxylation sites is 1. The Balaban J connectivity index is 0.000000708. The number of nitrogens with zero attached hydrogens (tertiary/aromatic N) is 1. The highest BCUT2D eigenvalue weighted by molar-refractivity contribution is 7.98. The second-order valence-electron chi connectivity index (χ2n) is 7.59. The van der Waals surface area contributed by atoms with Crippen molar-refractivity contribution in [1.82, 2.24) is 10.3 Å². The molecule has 0 unspecified atom stereocenters. The Labute approximate surface area is 224 Å². The van der Waals surface area contributed by atoms with E-state index >= 15 is 0 Å². The Morgan fingerprint density at radius 1 is 0.850 bits per heavy atom. The lowest BCUT2D eigenvalue weighted by atomic mass is 9.98. The highest BCUT2D eigenvalue weighted by atomic mass is 32.2. The van der Waals surface area contributed by atoms with Crippen molar-refractivity contribution in [3.63, 3.8) is 0 Å². The standard InChI is InChI=1S/C22H17F6N3OS.C2HF3O2/c1-33-17-7-3-2-6-16(17)30-20(32)31-18(13-8-10-14(11-9-13)21(23,24)25)19-15(22(26,27)28)5-4-12-29-19;3-2(4,5)1(6)7/h2-12,18H,1H3,(H2,30,31,32);(H,6,7)/t18-;/m0./s1. The highest BCUT2D eigenvalue weighted by Gasteiger charge is 2.39. The number of anilines is 1. The minimum Gasteiger partial charge on any atom is -0.475 e. The summed E-state index contributed by atoms with van der Waals surface area (Å²) in [6.45, 7) is 0. The molecule has 0 radical (unpaired) electrons. The van der Waals surface area contributed by atoms with Gasteiger partial charge in [-0.1, -0.05) is 24.3 Å². The van der Waals surface area contributed by atoms with Crippen molar-refractivity contribution < 1.29 is 54.2 Å². The number of benzene rings is 2. The molecule has 0 saturated heterocycles. The number of aliphatic carboxylic acids is 1. The number of carbonyl (C=O) groups excluding carboxylic acids is 1. The van der Waals surface area contributed by atoms with Crippen molar-refractivity contribution in [2.45, 2.75) is 29.5 Å². The SMILES string of the molecule is CSc1ccccc1NC(=O)N[C@@H](c1ccc(C(F)(F)F)cc1)c1ncccc1C(F)(F)F.O=C(O)C(F)(F)F. The Kier molecular flexibility index (Phi) is 10.4. The van der Waals surface area contributed by atoms with E-state index < -0.39 is 53.4 Å². The second kappa shape index (κ2) is 12.9. The van der Waals surface area contributed by atoms with Gasteiger partial charge in [0.05, 0.1) is 28.6 Å². The molecular weight excluding hydrogens is 581 g/mol. The highest BCUT2D eigenvalue weighted by Crippen LogP contribution is 2.36. The molecule has 6 nitrogen and oxygen atoms in total. The van der Waals surface area contributed by atoms with Gasteiger partial charge >= 0.3 is 30.5 Å². The van der Waals surface area contributed by atoms with Gasteiger partial charge in [0.2, 0.25) is 0 Å². The van der Waals surface area contributed by atoms with Crippen molar-refractivity contribution in [3.05, 3.63) is 89.2 Å². The maximum atomic E-state index is 13.6. The summed E-state index contributed by atoms with van der Waals surface area (Å²) in [6, 6.07) is 9.85. The van der Waals surface area contributed by atoms with E-state index in [9.17, 15) is 44.3 Å². The maximum absolute atomic E-state index is 13.6. The van der Waals surface area contributed by atoms with Crippen LogP contribution >= 0.6 is 11.8 Å². The molecule has 1 atom stereocenters. The van der Waals surface area contributed by atoms with Gasteiger partial charge in [-0.3, -0.25) is 4.98 Å². The summed E-state index contributed by atoms with van der Waals surface area (Å²) in [6.07, 6.45) is -11.6. The Hall–Kier alpha value is -3.95. The van der Waals surface area contributed by atoms with Crippen molar-refractivity contribution in [1.29, 1.82) is 0 Å².